The van der Waals surface area contributed by atoms with Crippen LogP contribution in [0.25, 0.3) is 0 Å². The largest absolute Gasteiger partial charge is 0.486 e. The van der Waals surface area contributed by atoms with E-state index in [9.17, 15) is 22.0 Å². The maximum Gasteiger partial charge on any atom is 0.241 e. The monoisotopic (exact) mass is 426 g/mol. The Labute approximate surface area is 167 Å². The van der Waals surface area contributed by atoms with E-state index < -0.39 is 45.8 Å². The highest BCUT2D eigenvalue weighted by Gasteiger charge is 2.25. The molecule has 29 heavy (non-hydrogen) atoms. The number of fused-ring (bicyclic) bond motifs is 1. The number of carbonyl (C=O) groups excluding carboxylic acids is 1. The number of nitrogens with one attached hydrogen (secondary N) is 1. The Morgan fingerprint density at radius 1 is 1.14 bits per heavy atom. The molecule has 3 rings (SSSR count). The van der Waals surface area contributed by atoms with E-state index in [1.165, 1.54) is 0 Å². The number of hydrogen-bond donors (Lipinski definition) is 1. The van der Waals surface area contributed by atoms with Gasteiger partial charge in [-0.25, -0.2) is 17.2 Å². The number of rotatable bonds is 6. The van der Waals surface area contributed by atoms with Crippen molar-refractivity contribution in [2.24, 2.45) is 0 Å². The average molecular weight is 426 g/mol. The molecule has 0 spiro atoms. The minimum atomic E-state index is -3.99. The van der Waals surface area contributed by atoms with Gasteiger partial charge in [0.25, 0.3) is 0 Å². The number of ether oxygens (including phenoxy) is 2. The van der Waals surface area contributed by atoms with Gasteiger partial charge in [-0.15, -0.1) is 0 Å². The van der Waals surface area contributed by atoms with Crippen molar-refractivity contribution in [2.45, 2.75) is 13.0 Å². The van der Waals surface area contributed by atoms with Crippen LogP contribution in [0, 0.1) is 11.6 Å². The van der Waals surface area contributed by atoms with Gasteiger partial charge in [-0.3, -0.25) is 9.10 Å². The first-order chi connectivity index (χ1) is 13.6. The number of sulfonamides is 1. The van der Waals surface area contributed by atoms with E-state index in [1.54, 1.807) is 25.1 Å². The molecule has 1 atom stereocenters. The molecule has 2 aromatic rings. The van der Waals surface area contributed by atoms with E-state index in [1.807, 2.05) is 0 Å². The predicted molar refractivity (Wildman–Crippen MR) is 103 cm³/mol. The molecule has 0 saturated carbocycles. The highest BCUT2D eigenvalue weighted by atomic mass is 32.2. The zero-order chi connectivity index (χ0) is 21.2. The summed E-state index contributed by atoms with van der Waals surface area (Å²) in [7, 11) is -3.99. The van der Waals surface area contributed by atoms with Gasteiger partial charge in [-0.2, -0.15) is 0 Å². The maximum absolute atomic E-state index is 14.1. The Balaban J connectivity index is 1.75. The molecule has 0 bridgehead atoms. The van der Waals surface area contributed by atoms with Gasteiger partial charge in [-0.1, -0.05) is 6.07 Å². The zero-order valence-electron chi connectivity index (χ0n) is 15.8. The molecule has 1 N–H and O–H groups in total. The standard InChI is InChI=1S/C19H20F2N2O5S/c1-12(13-3-6-17-18(9-13)28-8-7-27-17)22-19(24)11-23(29(2,25)26)16-5-4-14(20)10-15(16)21/h3-6,9-10,12H,7-8,11H2,1-2H3,(H,22,24)/t12-/m0/s1. The van der Waals surface area contributed by atoms with Crippen LogP contribution in [0.3, 0.4) is 0 Å². The van der Waals surface area contributed by atoms with Crippen LogP contribution in [0.4, 0.5) is 14.5 Å². The van der Waals surface area contributed by atoms with Crippen molar-refractivity contribution in [3.8, 4) is 11.5 Å². The molecule has 0 aliphatic carbocycles. The van der Waals surface area contributed by atoms with Crippen molar-refractivity contribution < 1.29 is 31.5 Å². The van der Waals surface area contributed by atoms with Crippen molar-refractivity contribution >= 4 is 21.6 Å². The number of amides is 1. The van der Waals surface area contributed by atoms with Crippen LogP contribution in [0.5, 0.6) is 11.5 Å². The second-order valence-corrected chi connectivity index (χ2v) is 8.46. The number of nitrogens with zero attached hydrogens (tertiary/aromatic N) is 1. The van der Waals surface area contributed by atoms with Gasteiger partial charge in [0, 0.05) is 6.07 Å². The molecule has 0 fully saturated rings. The molecule has 7 nitrogen and oxygen atoms in total. The van der Waals surface area contributed by atoms with Crippen molar-refractivity contribution in [2.75, 3.05) is 30.3 Å². The number of anilines is 1. The quantitative estimate of drug-likeness (QED) is 0.767. The number of benzene rings is 2. The summed E-state index contributed by atoms with van der Waals surface area (Å²) >= 11 is 0. The average Bonchev–Trinajstić information content (AvgIpc) is 2.65. The van der Waals surface area contributed by atoms with E-state index in [4.69, 9.17) is 9.47 Å². The Morgan fingerprint density at radius 3 is 2.48 bits per heavy atom. The van der Waals surface area contributed by atoms with E-state index in [0.717, 1.165) is 24.0 Å². The fourth-order valence-corrected chi connectivity index (χ4v) is 3.75. The van der Waals surface area contributed by atoms with E-state index in [2.05, 4.69) is 5.32 Å². The Kier molecular flexibility index (Phi) is 5.92. The lowest BCUT2D eigenvalue weighted by Crippen LogP contribution is -2.41. The normalized spacial score (nSPS) is 14.2. The lowest BCUT2D eigenvalue weighted by atomic mass is 10.1. The number of carbonyl (C=O) groups is 1. The third-order valence-electron chi connectivity index (χ3n) is 4.31. The number of hydrogen-bond acceptors (Lipinski definition) is 5. The molecular formula is C19H20F2N2O5S. The predicted octanol–water partition coefficient (Wildman–Crippen LogP) is 2.38. The molecule has 1 heterocycles. The summed E-state index contributed by atoms with van der Waals surface area (Å²) in [5, 5.41) is 2.67. The van der Waals surface area contributed by atoms with Crippen LogP contribution >= 0.6 is 0 Å². The lowest BCUT2D eigenvalue weighted by molar-refractivity contribution is -0.120. The van der Waals surface area contributed by atoms with Gasteiger partial charge < -0.3 is 14.8 Å². The highest BCUT2D eigenvalue weighted by Crippen LogP contribution is 2.32. The van der Waals surface area contributed by atoms with Gasteiger partial charge >= 0.3 is 0 Å². The minimum absolute atomic E-state index is 0.406. The zero-order valence-corrected chi connectivity index (χ0v) is 16.6. The van der Waals surface area contributed by atoms with Crippen LogP contribution in [0.15, 0.2) is 36.4 Å². The van der Waals surface area contributed by atoms with Crippen molar-refractivity contribution in [1.82, 2.24) is 5.32 Å². The minimum Gasteiger partial charge on any atom is -0.486 e. The summed E-state index contributed by atoms with van der Waals surface area (Å²) in [6.45, 7) is 1.94. The van der Waals surface area contributed by atoms with Crippen molar-refractivity contribution in [3.63, 3.8) is 0 Å². The van der Waals surface area contributed by atoms with Crippen LogP contribution in [0.2, 0.25) is 0 Å². The van der Waals surface area contributed by atoms with Crippen LogP contribution in [-0.2, 0) is 14.8 Å². The molecule has 156 valence electrons. The second kappa shape index (κ2) is 8.24. The summed E-state index contributed by atoms with van der Waals surface area (Å²) in [6, 6.07) is 7.19. The molecule has 0 unspecified atom stereocenters. The summed E-state index contributed by atoms with van der Waals surface area (Å²) in [5.41, 5.74) is 0.317. The van der Waals surface area contributed by atoms with Crippen LogP contribution < -0.4 is 19.1 Å². The molecule has 1 amide bonds. The fourth-order valence-electron chi connectivity index (χ4n) is 2.89. The first kappa shape index (κ1) is 20.8. The van der Waals surface area contributed by atoms with E-state index in [-0.39, 0.29) is 0 Å². The second-order valence-electron chi connectivity index (χ2n) is 6.56. The van der Waals surface area contributed by atoms with Crippen molar-refractivity contribution in [3.05, 3.63) is 53.6 Å². The smallest absolute Gasteiger partial charge is 0.241 e. The third kappa shape index (κ3) is 4.94. The SMILES string of the molecule is C[C@H](NC(=O)CN(c1ccc(F)cc1F)S(C)(=O)=O)c1ccc2c(c1)OCCO2. The Bertz CT molecular complexity index is 1030. The number of halogens is 2. The lowest BCUT2D eigenvalue weighted by Gasteiger charge is -2.24. The van der Waals surface area contributed by atoms with Gasteiger partial charge in [-0.05, 0) is 36.8 Å². The van der Waals surface area contributed by atoms with Gasteiger partial charge in [0.05, 0.1) is 18.0 Å². The molecule has 0 radical (unpaired) electrons. The molecule has 2 aromatic carbocycles. The summed E-state index contributed by atoms with van der Waals surface area (Å²) < 4.78 is 62.9. The first-order valence-corrected chi connectivity index (χ1v) is 10.6. The van der Waals surface area contributed by atoms with E-state index in [0.29, 0.717) is 35.1 Å². The first-order valence-electron chi connectivity index (χ1n) is 8.77. The maximum atomic E-state index is 14.1. The Morgan fingerprint density at radius 2 is 1.83 bits per heavy atom. The van der Waals surface area contributed by atoms with Gasteiger partial charge in [0.1, 0.15) is 31.4 Å². The topological polar surface area (TPSA) is 84.9 Å². The highest BCUT2D eigenvalue weighted by molar-refractivity contribution is 7.92. The molecule has 10 heteroatoms. The summed E-state index contributed by atoms with van der Waals surface area (Å²) in [6.07, 6.45) is 0.841. The fraction of sp³-hybridized carbons (Fsp3) is 0.316. The molecule has 1 aliphatic heterocycles. The third-order valence-corrected chi connectivity index (χ3v) is 5.44. The Hall–Kier alpha value is -2.88. The van der Waals surface area contributed by atoms with Gasteiger partial charge in [0.15, 0.2) is 11.5 Å². The van der Waals surface area contributed by atoms with E-state index >= 15 is 0 Å². The van der Waals surface area contributed by atoms with Crippen LogP contribution in [-0.4, -0.2) is 40.3 Å². The summed E-state index contributed by atoms with van der Waals surface area (Å²) in [4.78, 5) is 12.5. The molecule has 1 aliphatic rings. The van der Waals surface area contributed by atoms with Crippen molar-refractivity contribution in [1.29, 1.82) is 0 Å². The molecular weight excluding hydrogens is 406 g/mol. The molecule has 0 saturated heterocycles. The van der Waals surface area contributed by atoms with Crippen LogP contribution in [0.1, 0.15) is 18.5 Å². The molecule has 0 aromatic heterocycles. The summed E-state index contributed by atoms with van der Waals surface area (Å²) in [5.74, 6) is -1.42. The van der Waals surface area contributed by atoms with Gasteiger partial charge in [0.2, 0.25) is 15.9 Å².